The van der Waals surface area contributed by atoms with Gasteiger partial charge in [-0.2, -0.15) is 0 Å². The molecule has 1 aliphatic carbocycles. The Labute approximate surface area is 75.9 Å². The van der Waals surface area contributed by atoms with Crippen molar-refractivity contribution < 1.29 is 0 Å². The Balaban J connectivity index is 2.33. The van der Waals surface area contributed by atoms with Gasteiger partial charge in [0.05, 0.1) is 0 Å². The first-order chi connectivity index (χ1) is 5.77. The Morgan fingerprint density at radius 3 is 2.67 bits per heavy atom. The fourth-order valence-electron chi connectivity index (χ4n) is 2.38. The third-order valence-corrected chi connectivity index (χ3v) is 3.12. The lowest BCUT2D eigenvalue weighted by atomic mass is 9.94. The van der Waals surface area contributed by atoms with E-state index in [9.17, 15) is 0 Å². The molecule has 0 aromatic carbocycles. The van der Waals surface area contributed by atoms with Crippen LogP contribution in [0.2, 0.25) is 0 Å². The van der Waals surface area contributed by atoms with Crippen LogP contribution >= 0.6 is 0 Å². The van der Waals surface area contributed by atoms with E-state index in [-0.39, 0.29) is 0 Å². The average molecular weight is 170 g/mol. The largest absolute Gasteiger partial charge is 0.271 e. The van der Waals surface area contributed by atoms with Crippen molar-refractivity contribution in [3.63, 3.8) is 0 Å². The zero-order chi connectivity index (χ0) is 8.97. The maximum absolute atomic E-state index is 5.53. The summed E-state index contributed by atoms with van der Waals surface area (Å²) in [6.07, 6.45) is 6.60. The SMILES string of the molecule is CCCC(NN)C1CCC(C)C1. The van der Waals surface area contributed by atoms with Crippen molar-refractivity contribution in [2.75, 3.05) is 0 Å². The second-order valence-corrected chi connectivity index (χ2v) is 4.24. The highest BCUT2D eigenvalue weighted by Crippen LogP contribution is 2.33. The summed E-state index contributed by atoms with van der Waals surface area (Å²) in [5.74, 6) is 7.29. The minimum Gasteiger partial charge on any atom is -0.271 e. The van der Waals surface area contributed by atoms with Gasteiger partial charge in [-0.3, -0.25) is 11.3 Å². The number of hydrogen-bond donors (Lipinski definition) is 2. The number of nitrogens with one attached hydrogen (secondary N) is 1. The first-order valence-electron chi connectivity index (χ1n) is 5.24. The van der Waals surface area contributed by atoms with E-state index in [0.717, 1.165) is 11.8 Å². The van der Waals surface area contributed by atoms with Gasteiger partial charge in [0, 0.05) is 6.04 Å². The number of hydrogen-bond acceptors (Lipinski definition) is 2. The quantitative estimate of drug-likeness (QED) is 0.500. The van der Waals surface area contributed by atoms with Crippen molar-refractivity contribution in [3.8, 4) is 0 Å². The van der Waals surface area contributed by atoms with Crippen LogP contribution < -0.4 is 11.3 Å². The highest BCUT2D eigenvalue weighted by molar-refractivity contribution is 4.81. The molecule has 0 heterocycles. The topological polar surface area (TPSA) is 38.0 Å². The highest BCUT2D eigenvalue weighted by Gasteiger charge is 2.27. The van der Waals surface area contributed by atoms with Crippen LogP contribution in [0.15, 0.2) is 0 Å². The standard InChI is InChI=1S/C10H22N2/c1-3-4-10(12-11)9-6-5-8(2)7-9/h8-10,12H,3-7,11H2,1-2H3. The van der Waals surface area contributed by atoms with Crippen LogP contribution in [0.4, 0.5) is 0 Å². The Morgan fingerprint density at radius 2 is 2.25 bits per heavy atom. The normalized spacial score (nSPS) is 32.2. The van der Waals surface area contributed by atoms with Crippen LogP contribution in [0.25, 0.3) is 0 Å². The van der Waals surface area contributed by atoms with E-state index in [4.69, 9.17) is 5.84 Å². The Kier molecular flexibility index (Phi) is 4.02. The second-order valence-electron chi connectivity index (χ2n) is 4.24. The van der Waals surface area contributed by atoms with Gasteiger partial charge in [-0.15, -0.1) is 0 Å². The third-order valence-electron chi connectivity index (χ3n) is 3.12. The minimum atomic E-state index is 0.569. The molecule has 0 aromatic rings. The van der Waals surface area contributed by atoms with Gasteiger partial charge < -0.3 is 0 Å². The molecule has 0 amide bonds. The van der Waals surface area contributed by atoms with E-state index in [1.165, 1.54) is 32.1 Å². The summed E-state index contributed by atoms with van der Waals surface area (Å²) < 4.78 is 0. The van der Waals surface area contributed by atoms with Crippen LogP contribution in [-0.2, 0) is 0 Å². The lowest BCUT2D eigenvalue weighted by Crippen LogP contribution is -2.40. The maximum atomic E-state index is 5.53. The predicted octanol–water partition coefficient (Wildman–Crippen LogP) is 2.05. The molecule has 0 bridgehead atoms. The molecule has 3 atom stereocenters. The molecule has 1 saturated carbocycles. The first kappa shape index (κ1) is 10.0. The van der Waals surface area contributed by atoms with Crippen LogP contribution in [0, 0.1) is 11.8 Å². The molecule has 1 rings (SSSR count). The molecule has 0 saturated heterocycles. The second kappa shape index (κ2) is 4.83. The molecule has 12 heavy (non-hydrogen) atoms. The molecule has 2 nitrogen and oxygen atoms in total. The predicted molar refractivity (Wildman–Crippen MR) is 52.5 cm³/mol. The molecule has 0 radical (unpaired) electrons. The van der Waals surface area contributed by atoms with Crippen molar-refractivity contribution in [2.45, 2.75) is 52.0 Å². The van der Waals surface area contributed by atoms with E-state index >= 15 is 0 Å². The maximum Gasteiger partial charge on any atom is 0.0238 e. The van der Waals surface area contributed by atoms with Gasteiger partial charge in [0.15, 0.2) is 0 Å². The van der Waals surface area contributed by atoms with E-state index in [2.05, 4.69) is 19.3 Å². The van der Waals surface area contributed by atoms with Crippen LogP contribution in [0.1, 0.15) is 46.0 Å². The smallest absolute Gasteiger partial charge is 0.0238 e. The summed E-state index contributed by atoms with van der Waals surface area (Å²) in [5, 5.41) is 0. The fraction of sp³-hybridized carbons (Fsp3) is 1.00. The Bertz CT molecular complexity index is 123. The number of nitrogens with two attached hydrogens (primary N) is 1. The summed E-state index contributed by atoms with van der Waals surface area (Å²) in [4.78, 5) is 0. The molecule has 0 aromatic heterocycles. The van der Waals surface area contributed by atoms with E-state index in [1.54, 1.807) is 0 Å². The van der Waals surface area contributed by atoms with Gasteiger partial charge >= 0.3 is 0 Å². The van der Waals surface area contributed by atoms with E-state index in [1.807, 2.05) is 0 Å². The van der Waals surface area contributed by atoms with Gasteiger partial charge in [0.2, 0.25) is 0 Å². The number of hydrazine groups is 1. The fourth-order valence-corrected chi connectivity index (χ4v) is 2.38. The van der Waals surface area contributed by atoms with Crippen molar-refractivity contribution in [2.24, 2.45) is 17.7 Å². The van der Waals surface area contributed by atoms with Crippen LogP contribution in [0.5, 0.6) is 0 Å². The lowest BCUT2D eigenvalue weighted by molar-refractivity contribution is 0.335. The summed E-state index contributed by atoms with van der Waals surface area (Å²) in [5.41, 5.74) is 2.97. The minimum absolute atomic E-state index is 0.569. The van der Waals surface area contributed by atoms with Crippen molar-refractivity contribution in [1.82, 2.24) is 5.43 Å². The molecular weight excluding hydrogens is 148 g/mol. The zero-order valence-electron chi connectivity index (χ0n) is 8.34. The van der Waals surface area contributed by atoms with Crippen LogP contribution in [-0.4, -0.2) is 6.04 Å². The molecule has 2 heteroatoms. The summed E-state index contributed by atoms with van der Waals surface area (Å²) in [7, 11) is 0. The lowest BCUT2D eigenvalue weighted by Gasteiger charge is -2.21. The molecule has 0 spiro atoms. The summed E-state index contributed by atoms with van der Waals surface area (Å²) in [6.45, 7) is 4.57. The third kappa shape index (κ3) is 2.46. The number of rotatable bonds is 4. The van der Waals surface area contributed by atoms with Gasteiger partial charge in [-0.05, 0) is 31.1 Å². The molecule has 72 valence electrons. The first-order valence-corrected chi connectivity index (χ1v) is 5.24. The zero-order valence-corrected chi connectivity index (χ0v) is 8.34. The van der Waals surface area contributed by atoms with E-state index in [0.29, 0.717) is 6.04 Å². The monoisotopic (exact) mass is 170 g/mol. The van der Waals surface area contributed by atoms with Crippen molar-refractivity contribution in [3.05, 3.63) is 0 Å². The average Bonchev–Trinajstić information content (AvgIpc) is 2.47. The molecular formula is C10H22N2. The van der Waals surface area contributed by atoms with Gasteiger partial charge in [0.25, 0.3) is 0 Å². The van der Waals surface area contributed by atoms with Gasteiger partial charge in [-0.25, -0.2) is 0 Å². The Morgan fingerprint density at radius 1 is 1.50 bits per heavy atom. The van der Waals surface area contributed by atoms with Gasteiger partial charge in [0.1, 0.15) is 0 Å². The van der Waals surface area contributed by atoms with Crippen molar-refractivity contribution in [1.29, 1.82) is 0 Å². The van der Waals surface area contributed by atoms with Crippen molar-refractivity contribution >= 4 is 0 Å². The Hall–Kier alpha value is -0.0800. The summed E-state index contributed by atoms with van der Waals surface area (Å²) >= 11 is 0. The van der Waals surface area contributed by atoms with Crippen LogP contribution in [0.3, 0.4) is 0 Å². The van der Waals surface area contributed by atoms with Gasteiger partial charge in [-0.1, -0.05) is 26.7 Å². The summed E-state index contributed by atoms with van der Waals surface area (Å²) in [6, 6.07) is 0.569. The molecule has 3 unspecified atom stereocenters. The highest BCUT2D eigenvalue weighted by atomic mass is 15.2. The molecule has 1 aliphatic rings. The molecule has 1 fully saturated rings. The molecule has 3 N–H and O–H groups in total. The molecule has 0 aliphatic heterocycles. The van der Waals surface area contributed by atoms with E-state index < -0.39 is 0 Å².